The molecule has 1 N–H and O–H groups in total. The highest BCUT2D eigenvalue weighted by Crippen LogP contribution is 2.44. The Bertz CT molecular complexity index is 855. The summed E-state index contributed by atoms with van der Waals surface area (Å²) in [6, 6.07) is 14.8. The summed E-state index contributed by atoms with van der Waals surface area (Å²) in [4.78, 5) is 0. The molecule has 0 saturated carbocycles. The number of ether oxygens (including phenoxy) is 3. The predicted octanol–water partition coefficient (Wildman–Crippen LogP) is 6.21. The van der Waals surface area contributed by atoms with Crippen molar-refractivity contribution in [1.82, 2.24) is 0 Å². The van der Waals surface area contributed by atoms with Gasteiger partial charge in [-0.3, -0.25) is 0 Å². The monoisotopic (exact) mass is 409 g/mol. The zero-order chi connectivity index (χ0) is 21.7. The van der Waals surface area contributed by atoms with Crippen molar-refractivity contribution < 1.29 is 14.2 Å². The van der Waals surface area contributed by atoms with E-state index in [1.807, 2.05) is 25.1 Å². The van der Waals surface area contributed by atoms with Crippen molar-refractivity contribution in [3.8, 4) is 5.75 Å². The van der Waals surface area contributed by atoms with Crippen molar-refractivity contribution in [3.05, 3.63) is 71.3 Å². The Morgan fingerprint density at radius 1 is 1.13 bits per heavy atom. The van der Waals surface area contributed by atoms with Crippen LogP contribution in [-0.2, 0) is 16.0 Å². The Labute approximate surface area is 181 Å². The molecule has 0 saturated heterocycles. The first-order valence-electron chi connectivity index (χ1n) is 10.8. The predicted molar refractivity (Wildman–Crippen MR) is 123 cm³/mol. The van der Waals surface area contributed by atoms with E-state index in [-0.39, 0.29) is 18.3 Å². The third-order valence-corrected chi connectivity index (χ3v) is 5.29. The Hall–Kier alpha value is -2.30. The second-order valence-corrected chi connectivity index (χ2v) is 8.73. The van der Waals surface area contributed by atoms with Crippen molar-refractivity contribution in [2.24, 2.45) is 0 Å². The first-order valence-corrected chi connectivity index (χ1v) is 10.8. The van der Waals surface area contributed by atoms with Crippen LogP contribution in [0.4, 0.5) is 5.69 Å². The Kier molecular flexibility index (Phi) is 7.22. The number of fused-ring (bicyclic) bond motifs is 1. The van der Waals surface area contributed by atoms with Crippen LogP contribution >= 0.6 is 0 Å². The summed E-state index contributed by atoms with van der Waals surface area (Å²) in [6.45, 7) is 13.7. The van der Waals surface area contributed by atoms with E-state index in [1.54, 1.807) is 0 Å². The quantitative estimate of drug-likeness (QED) is 0.527. The van der Waals surface area contributed by atoms with Gasteiger partial charge in [-0.2, -0.15) is 0 Å². The summed E-state index contributed by atoms with van der Waals surface area (Å²) in [6.07, 6.45) is 3.67. The van der Waals surface area contributed by atoms with E-state index < -0.39 is 5.60 Å². The number of hydrogen-bond donors (Lipinski definition) is 1. The van der Waals surface area contributed by atoms with Crippen LogP contribution in [0.15, 0.2) is 54.6 Å². The smallest absolute Gasteiger partial charge is 0.132 e. The molecule has 0 aromatic heterocycles. The van der Waals surface area contributed by atoms with E-state index >= 15 is 0 Å². The van der Waals surface area contributed by atoms with Crippen molar-refractivity contribution in [1.29, 1.82) is 0 Å². The minimum absolute atomic E-state index is 0.0775. The maximum atomic E-state index is 6.37. The lowest BCUT2D eigenvalue weighted by Crippen LogP contribution is -2.51. The molecule has 2 unspecified atom stereocenters. The molecule has 3 rings (SSSR count). The van der Waals surface area contributed by atoms with Gasteiger partial charge in [-0.1, -0.05) is 42.0 Å². The highest BCUT2D eigenvalue weighted by Gasteiger charge is 2.45. The fraction of sp³-hybridized carbons (Fsp3) is 0.462. The number of hydrogen-bond acceptors (Lipinski definition) is 4. The molecular formula is C26H35NO3. The van der Waals surface area contributed by atoms with Gasteiger partial charge < -0.3 is 19.5 Å². The van der Waals surface area contributed by atoms with Gasteiger partial charge in [0.1, 0.15) is 23.6 Å². The van der Waals surface area contributed by atoms with Crippen molar-refractivity contribution in [3.63, 3.8) is 0 Å². The Morgan fingerprint density at radius 3 is 2.53 bits per heavy atom. The molecule has 1 heterocycles. The van der Waals surface area contributed by atoms with Crippen molar-refractivity contribution in [2.75, 3.05) is 11.9 Å². The normalized spacial score (nSPS) is 20.2. The summed E-state index contributed by atoms with van der Waals surface area (Å²) in [5.74, 6) is 0.859. The minimum Gasteiger partial charge on any atom is -0.485 e. The first-order chi connectivity index (χ1) is 14.3. The minimum atomic E-state index is -0.495. The topological polar surface area (TPSA) is 39.7 Å². The number of allylic oxidation sites excluding steroid dienone is 1. The summed E-state index contributed by atoms with van der Waals surface area (Å²) < 4.78 is 19.0. The number of nitrogens with one attached hydrogen (secondary N) is 1. The van der Waals surface area contributed by atoms with E-state index in [0.29, 0.717) is 6.61 Å². The lowest BCUT2D eigenvalue weighted by atomic mass is 9.87. The SMILES string of the molecule is CC=CCOC1C(OC(C)C)c2cc(NCc3ccc(C)cc3)ccc2OC1(C)C. The van der Waals surface area contributed by atoms with E-state index in [4.69, 9.17) is 14.2 Å². The molecule has 1 aliphatic heterocycles. The standard InChI is InChI=1S/C26H35NO3/c1-7-8-15-28-25-24(29-18(2)3)22-16-21(13-14-23(22)30-26(25,5)6)27-17-20-11-9-19(4)10-12-20/h7-14,16,18,24-25,27H,15,17H2,1-6H3. The molecule has 0 spiro atoms. The highest BCUT2D eigenvalue weighted by atomic mass is 16.6. The average molecular weight is 410 g/mol. The third kappa shape index (κ3) is 5.44. The molecule has 2 aromatic rings. The number of aryl methyl sites for hydroxylation is 1. The van der Waals surface area contributed by atoms with Gasteiger partial charge in [-0.15, -0.1) is 0 Å². The number of anilines is 1. The van der Waals surface area contributed by atoms with E-state index in [2.05, 4.69) is 76.3 Å². The van der Waals surface area contributed by atoms with Crippen LogP contribution in [0.1, 0.15) is 57.4 Å². The molecular weight excluding hydrogens is 374 g/mol. The maximum Gasteiger partial charge on any atom is 0.132 e. The van der Waals surface area contributed by atoms with Gasteiger partial charge in [-0.25, -0.2) is 0 Å². The maximum absolute atomic E-state index is 6.37. The van der Waals surface area contributed by atoms with Gasteiger partial charge in [0.05, 0.1) is 12.7 Å². The zero-order valence-electron chi connectivity index (χ0n) is 19.1. The molecule has 30 heavy (non-hydrogen) atoms. The van der Waals surface area contributed by atoms with Gasteiger partial charge in [0.2, 0.25) is 0 Å². The molecule has 0 bridgehead atoms. The van der Waals surface area contributed by atoms with Crippen LogP contribution in [0.3, 0.4) is 0 Å². The van der Waals surface area contributed by atoms with Crippen LogP contribution in [-0.4, -0.2) is 24.4 Å². The van der Waals surface area contributed by atoms with Crippen LogP contribution in [0, 0.1) is 6.92 Å². The van der Waals surface area contributed by atoms with Gasteiger partial charge in [-0.05, 0) is 65.3 Å². The molecule has 2 atom stereocenters. The zero-order valence-corrected chi connectivity index (χ0v) is 19.1. The fourth-order valence-electron chi connectivity index (χ4n) is 3.73. The largest absolute Gasteiger partial charge is 0.485 e. The first kappa shape index (κ1) is 22.4. The van der Waals surface area contributed by atoms with Gasteiger partial charge in [0.15, 0.2) is 0 Å². The molecule has 162 valence electrons. The number of benzene rings is 2. The molecule has 0 aliphatic carbocycles. The van der Waals surface area contributed by atoms with Crippen LogP contribution in [0.5, 0.6) is 5.75 Å². The van der Waals surface area contributed by atoms with E-state index in [0.717, 1.165) is 23.5 Å². The second kappa shape index (κ2) is 9.67. The van der Waals surface area contributed by atoms with E-state index in [1.165, 1.54) is 11.1 Å². The van der Waals surface area contributed by atoms with Gasteiger partial charge in [0.25, 0.3) is 0 Å². The molecule has 0 fully saturated rings. The van der Waals surface area contributed by atoms with Gasteiger partial charge >= 0.3 is 0 Å². The van der Waals surface area contributed by atoms with Gasteiger partial charge in [0, 0.05) is 17.8 Å². The van der Waals surface area contributed by atoms with E-state index in [9.17, 15) is 0 Å². The molecule has 0 radical (unpaired) electrons. The average Bonchev–Trinajstić information content (AvgIpc) is 2.69. The second-order valence-electron chi connectivity index (χ2n) is 8.73. The fourth-order valence-corrected chi connectivity index (χ4v) is 3.73. The molecule has 4 heteroatoms. The molecule has 4 nitrogen and oxygen atoms in total. The lowest BCUT2D eigenvalue weighted by Gasteiger charge is -2.44. The summed E-state index contributed by atoms with van der Waals surface area (Å²) in [5, 5.41) is 3.53. The highest BCUT2D eigenvalue weighted by molar-refractivity contribution is 5.54. The van der Waals surface area contributed by atoms with Crippen LogP contribution in [0.2, 0.25) is 0 Å². The summed E-state index contributed by atoms with van der Waals surface area (Å²) in [7, 11) is 0. The molecule has 0 amide bonds. The molecule has 2 aromatic carbocycles. The molecule has 1 aliphatic rings. The summed E-state index contributed by atoms with van der Waals surface area (Å²) >= 11 is 0. The Morgan fingerprint density at radius 2 is 1.87 bits per heavy atom. The third-order valence-electron chi connectivity index (χ3n) is 5.29. The van der Waals surface area contributed by atoms with Crippen LogP contribution < -0.4 is 10.1 Å². The lowest BCUT2D eigenvalue weighted by molar-refractivity contribution is -0.168. The van der Waals surface area contributed by atoms with Crippen molar-refractivity contribution in [2.45, 2.75) is 72.0 Å². The van der Waals surface area contributed by atoms with Crippen molar-refractivity contribution >= 4 is 5.69 Å². The Balaban J connectivity index is 1.86. The van der Waals surface area contributed by atoms with Crippen LogP contribution in [0.25, 0.3) is 0 Å². The summed E-state index contributed by atoms with van der Waals surface area (Å²) in [5.41, 5.74) is 4.10. The number of rotatable bonds is 8.